The van der Waals surface area contributed by atoms with Crippen LogP contribution in [0.5, 0.6) is 0 Å². The van der Waals surface area contributed by atoms with Crippen molar-refractivity contribution in [2.24, 2.45) is 5.92 Å². The second-order valence-electron chi connectivity index (χ2n) is 7.66. The minimum absolute atomic E-state index is 0.0199. The van der Waals surface area contributed by atoms with E-state index in [-0.39, 0.29) is 26.4 Å². The number of benzene rings is 2. The van der Waals surface area contributed by atoms with Crippen LogP contribution in [0.3, 0.4) is 0 Å². The number of ether oxygens (including phenoxy) is 4. The number of carbonyl (C=O) groups is 2. The van der Waals surface area contributed by atoms with Gasteiger partial charge in [-0.05, 0) is 36.2 Å². The molecule has 10 nitrogen and oxygen atoms in total. The monoisotopic (exact) mass is 485 g/mol. The standard InChI is InChI=1S/C25H31N3O7/c1-32-11-12-33-18-35-17-23(27-24(29)21-9-7-19(14-26)8-10-21)13-22(25(30)28-31)16-34-15-20-5-3-2-4-6-20/h2-10,22-23,31H,11-13,15-18H2,1H3,(H,27,29)(H,28,30). The average molecular weight is 486 g/mol. The molecule has 2 unspecified atom stereocenters. The van der Waals surface area contributed by atoms with Crippen LogP contribution in [-0.2, 0) is 30.3 Å². The Balaban J connectivity index is 2.01. The van der Waals surface area contributed by atoms with Crippen molar-refractivity contribution in [1.29, 1.82) is 5.26 Å². The molecule has 188 valence electrons. The molecular formula is C25H31N3O7. The molecule has 0 fully saturated rings. The fraction of sp³-hybridized carbons (Fsp3) is 0.400. The van der Waals surface area contributed by atoms with Crippen LogP contribution in [0.1, 0.15) is 27.9 Å². The Morgan fingerprint density at radius 2 is 1.74 bits per heavy atom. The molecule has 0 aliphatic rings. The number of nitrogens with one attached hydrogen (secondary N) is 2. The molecule has 0 bridgehead atoms. The molecule has 0 heterocycles. The summed E-state index contributed by atoms with van der Waals surface area (Å²) in [4.78, 5) is 25.1. The Morgan fingerprint density at radius 3 is 2.40 bits per heavy atom. The molecule has 0 aromatic heterocycles. The summed E-state index contributed by atoms with van der Waals surface area (Å²) in [5, 5.41) is 21.0. The quantitative estimate of drug-likeness (QED) is 0.142. The molecule has 2 atom stereocenters. The number of hydrogen-bond acceptors (Lipinski definition) is 8. The highest BCUT2D eigenvalue weighted by molar-refractivity contribution is 5.94. The summed E-state index contributed by atoms with van der Waals surface area (Å²) in [6.45, 7) is 1.12. The smallest absolute Gasteiger partial charge is 0.251 e. The van der Waals surface area contributed by atoms with Gasteiger partial charge in [-0.25, -0.2) is 5.48 Å². The lowest BCUT2D eigenvalue weighted by molar-refractivity contribution is -0.136. The van der Waals surface area contributed by atoms with E-state index in [0.717, 1.165) is 5.56 Å². The summed E-state index contributed by atoms with van der Waals surface area (Å²) in [5.74, 6) is -1.78. The van der Waals surface area contributed by atoms with Crippen LogP contribution < -0.4 is 10.8 Å². The first-order valence-electron chi connectivity index (χ1n) is 11.1. The predicted molar refractivity (Wildman–Crippen MR) is 125 cm³/mol. The number of hydrogen-bond donors (Lipinski definition) is 3. The second-order valence-corrected chi connectivity index (χ2v) is 7.66. The first-order valence-corrected chi connectivity index (χ1v) is 11.1. The predicted octanol–water partition coefficient (Wildman–Crippen LogP) is 2.02. The van der Waals surface area contributed by atoms with Gasteiger partial charge in [0.25, 0.3) is 5.91 Å². The molecule has 0 saturated heterocycles. The lowest BCUT2D eigenvalue weighted by Crippen LogP contribution is -2.43. The van der Waals surface area contributed by atoms with Gasteiger partial charge in [0.05, 0.1) is 56.6 Å². The van der Waals surface area contributed by atoms with Crippen molar-refractivity contribution >= 4 is 11.8 Å². The number of amides is 2. The van der Waals surface area contributed by atoms with Crippen molar-refractivity contribution in [3.63, 3.8) is 0 Å². The molecule has 2 rings (SSSR count). The zero-order valence-electron chi connectivity index (χ0n) is 19.6. The molecule has 2 aromatic rings. The number of carbonyl (C=O) groups excluding carboxylic acids is 2. The molecule has 0 spiro atoms. The summed E-state index contributed by atoms with van der Waals surface area (Å²) in [6, 6.07) is 17.1. The van der Waals surface area contributed by atoms with Crippen LogP contribution in [0.25, 0.3) is 0 Å². The molecule has 10 heteroatoms. The SMILES string of the molecule is COCCOCOCC(CC(COCc1ccccc1)C(=O)NO)NC(=O)c1ccc(C#N)cc1. The zero-order chi connectivity index (χ0) is 25.3. The zero-order valence-corrected chi connectivity index (χ0v) is 19.6. The largest absolute Gasteiger partial charge is 0.382 e. The number of hydroxylamine groups is 1. The number of rotatable bonds is 16. The molecular weight excluding hydrogens is 454 g/mol. The van der Waals surface area contributed by atoms with Gasteiger partial charge in [-0.3, -0.25) is 14.8 Å². The summed E-state index contributed by atoms with van der Waals surface area (Å²) >= 11 is 0. The average Bonchev–Trinajstić information content (AvgIpc) is 2.90. The summed E-state index contributed by atoms with van der Waals surface area (Å²) in [5.41, 5.74) is 3.40. The number of methoxy groups -OCH3 is 1. The Morgan fingerprint density at radius 1 is 1.00 bits per heavy atom. The minimum atomic E-state index is -0.756. The van der Waals surface area contributed by atoms with Crippen molar-refractivity contribution in [3.8, 4) is 6.07 Å². The van der Waals surface area contributed by atoms with Crippen LogP contribution in [0, 0.1) is 17.2 Å². The number of nitrogens with zero attached hydrogens (tertiary/aromatic N) is 1. The molecule has 2 amide bonds. The van der Waals surface area contributed by atoms with E-state index in [0.29, 0.717) is 30.9 Å². The highest BCUT2D eigenvalue weighted by Crippen LogP contribution is 2.13. The van der Waals surface area contributed by atoms with E-state index in [1.165, 1.54) is 0 Å². The van der Waals surface area contributed by atoms with Gasteiger partial charge in [-0.15, -0.1) is 0 Å². The molecule has 0 aliphatic carbocycles. The Hall–Kier alpha value is -3.33. The second kappa shape index (κ2) is 16.3. The van der Waals surface area contributed by atoms with E-state index in [9.17, 15) is 14.8 Å². The van der Waals surface area contributed by atoms with Crippen LogP contribution >= 0.6 is 0 Å². The maximum atomic E-state index is 12.8. The lowest BCUT2D eigenvalue weighted by atomic mass is 9.99. The molecule has 0 radical (unpaired) electrons. The third-order valence-electron chi connectivity index (χ3n) is 5.01. The lowest BCUT2D eigenvalue weighted by Gasteiger charge is -2.23. The van der Waals surface area contributed by atoms with E-state index >= 15 is 0 Å². The van der Waals surface area contributed by atoms with Crippen LogP contribution in [0.4, 0.5) is 0 Å². The van der Waals surface area contributed by atoms with Gasteiger partial charge in [0.1, 0.15) is 6.79 Å². The highest BCUT2D eigenvalue weighted by Gasteiger charge is 2.25. The maximum absolute atomic E-state index is 12.8. The third-order valence-corrected chi connectivity index (χ3v) is 5.01. The Labute approximate surface area is 204 Å². The molecule has 0 saturated carbocycles. The summed E-state index contributed by atoms with van der Waals surface area (Å²) in [7, 11) is 1.56. The van der Waals surface area contributed by atoms with E-state index in [1.54, 1.807) is 36.9 Å². The van der Waals surface area contributed by atoms with Gasteiger partial charge >= 0.3 is 0 Å². The van der Waals surface area contributed by atoms with Gasteiger partial charge in [-0.1, -0.05) is 30.3 Å². The van der Waals surface area contributed by atoms with Gasteiger partial charge in [0.2, 0.25) is 5.91 Å². The van der Waals surface area contributed by atoms with Crippen molar-refractivity contribution < 1.29 is 33.7 Å². The number of nitriles is 1. The molecule has 3 N–H and O–H groups in total. The van der Waals surface area contributed by atoms with E-state index < -0.39 is 23.8 Å². The first-order chi connectivity index (χ1) is 17.1. The van der Waals surface area contributed by atoms with Crippen molar-refractivity contribution in [3.05, 3.63) is 71.3 Å². The summed E-state index contributed by atoms with van der Waals surface area (Å²) < 4.78 is 21.4. The Kier molecular flexibility index (Phi) is 13.0. The van der Waals surface area contributed by atoms with Gasteiger partial charge in [-0.2, -0.15) is 5.26 Å². The van der Waals surface area contributed by atoms with Gasteiger partial charge in [0, 0.05) is 12.7 Å². The van der Waals surface area contributed by atoms with E-state index in [2.05, 4.69) is 5.32 Å². The first kappa shape index (κ1) is 27.9. The van der Waals surface area contributed by atoms with Crippen molar-refractivity contribution in [2.45, 2.75) is 19.1 Å². The molecule has 35 heavy (non-hydrogen) atoms. The van der Waals surface area contributed by atoms with Gasteiger partial charge in [0.15, 0.2) is 0 Å². The van der Waals surface area contributed by atoms with E-state index in [4.69, 9.17) is 24.2 Å². The van der Waals surface area contributed by atoms with Gasteiger partial charge < -0.3 is 24.3 Å². The molecule has 2 aromatic carbocycles. The van der Waals surface area contributed by atoms with Crippen LogP contribution in [0.2, 0.25) is 0 Å². The van der Waals surface area contributed by atoms with Crippen LogP contribution in [-0.4, -0.2) is 63.4 Å². The summed E-state index contributed by atoms with van der Waals surface area (Å²) in [6.07, 6.45) is 0.140. The minimum Gasteiger partial charge on any atom is -0.382 e. The highest BCUT2D eigenvalue weighted by atomic mass is 16.7. The van der Waals surface area contributed by atoms with Crippen molar-refractivity contribution in [2.75, 3.05) is 40.3 Å². The van der Waals surface area contributed by atoms with Crippen molar-refractivity contribution in [1.82, 2.24) is 10.8 Å². The Bertz CT molecular complexity index is 932. The fourth-order valence-corrected chi connectivity index (χ4v) is 3.16. The topological polar surface area (TPSA) is 139 Å². The van der Waals surface area contributed by atoms with E-state index in [1.807, 2.05) is 36.4 Å². The van der Waals surface area contributed by atoms with Crippen LogP contribution in [0.15, 0.2) is 54.6 Å². The third kappa shape index (κ3) is 10.6. The fourth-order valence-electron chi connectivity index (χ4n) is 3.16. The molecule has 0 aliphatic heterocycles. The normalized spacial score (nSPS) is 12.4. The maximum Gasteiger partial charge on any atom is 0.251 e.